The van der Waals surface area contributed by atoms with Crippen LogP contribution in [0.4, 0.5) is 0 Å². The second-order valence-corrected chi connectivity index (χ2v) is 3.93. The van der Waals surface area contributed by atoms with Crippen LogP contribution in [-0.2, 0) is 28.7 Å². The molecule has 7 nitrogen and oxygen atoms in total. The fraction of sp³-hybridized carbons (Fsp3) is 0.727. The number of hydrogen-bond acceptors (Lipinski definition) is 6. The molecular weight excluding hydrogens is 242 g/mol. The minimum Gasteiger partial charge on any atom is -0.382 e. The molecule has 1 saturated heterocycles. The Bertz CT molecular complexity index is 313. The van der Waals surface area contributed by atoms with Crippen LogP contribution < -0.4 is 0 Å². The van der Waals surface area contributed by atoms with E-state index in [4.69, 9.17) is 9.47 Å². The van der Waals surface area contributed by atoms with Gasteiger partial charge in [-0.3, -0.25) is 9.59 Å². The van der Waals surface area contributed by atoms with Crippen LogP contribution in [0, 0.1) is 0 Å². The molecule has 0 saturated carbocycles. The molecule has 0 radical (unpaired) electrons. The van der Waals surface area contributed by atoms with Crippen molar-refractivity contribution in [3.63, 3.8) is 0 Å². The lowest BCUT2D eigenvalue weighted by Crippen LogP contribution is -2.33. The van der Waals surface area contributed by atoms with E-state index in [9.17, 15) is 14.4 Å². The summed E-state index contributed by atoms with van der Waals surface area (Å²) in [5.41, 5.74) is 0. The molecule has 2 amide bonds. The van der Waals surface area contributed by atoms with Crippen molar-refractivity contribution in [3.8, 4) is 0 Å². The molecule has 0 aromatic heterocycles. The van der Waals surface area contributed by atoms with Crippen molar-refractivity contribution in [2.45, 2.75) is 32.3 Å². The Morgan fingerprint density at radius 3 is 2.50 bits per heavy atom. The first kappa shape index (κ1) is 14.6. The number of carbonyl (C=O) groups excluding carboxylic acids is 3. The van der Waals surface area contributed by atoms with Gasteiger partial charge in [0.1, 0.15) is 6.61 Å². The van der Waals surface area contributed by atoms with Crippen LogP contribution in [0.3, 0.4) is 0 Å². The summed E-state index contributed by atoms with van der Waals surface area (Å²) < 4.78 is 10.0. The third kappa shape index (κ3) is 4.42. The highest BCUT2D eigenvalue weighted by Gasteiger charge is 2.32. The summed E-state index contributed by atoms with van der Waals surface area (Å²) in [5.74, 6) is -1.76. The molecule has 0 aromatic carbocycles. The molecule has 0 spiro atoms. The first-order valence-corrected chi connectivity index (χ1v) is 5.71. The molecule has 18 heavy (non-hydrogen) atoms. The van der Waals surface area contributed by atoms with E-state index in [2.05, 4.69) is 4.84 Å². The van der Waals surface area contributed by atoms with Crippen LogP contribution >= 0.6 is 0 Å². The van der Waals surface area contributed by atoms with Gasteiger partial charge in [0, 0.05) is 26.6 Å². The summed E-state index contributed by atoms with van der Waals surface area (Å²) in [4.78, 5) is 38.2. The number of ether oxygens (including phenoxy) is 2. The Hall–Kier alpha value is -1.47. The van der Waals surface area contributed by atoms with Gasteiger partial charge in [0.2, 0.25) is 0 Å². The van der Waals surface area contributed by atoms with Crippen molar-refractivity contribution in [2.24, 2.45) is 0 Å². The highest BCUT2D eigenvalue weighted by molar-refractivity contribution is 6.01. The van der Waals surface area contributed by atoms with Crippen LogP contribution in [0.1, 0.15) is 26.2 Å². The third-order valence-electron chi connectivity index (χ3n) is 2.49. The van der Waals surface area contributed by atoms with Gasteiger partial charge < -0.3 is 14.3 Å². The standard InChI is InChI=1S/C11H17NO6/c1-8(16-2)5-6-17-7-11(15)18-12-9(13)3-4-10(12)14/h8H,3-7H2,1-2H3. The summed E-state index contributed by atoms with van der Waals surface area (Å²) in [5, 5.41) is 0.503. The number of hydroxylamine groups is 2. The molecule has 0 aliphatic carbocycles. The lowest BCUT2D eigenvalue weighted by atomic mass is 10.3. The van der Waals surface area contributed by atoms with E-state index >= 15 is 0 Å². The molecular formula is C11H17NO6. The monoisotopic (exact) mass is 259 g/mol. The van der Waals surface area contributed by atoms with E-state index in [0.717, 1.165) is 0 Å². The molecule has 1 aliphatic heterocycles. The Labute approximate surface area is 105 Å². The molecule has 1 unspecified atom stereocenters. The topological polar surface area (TPSA) is 82.1 Å². The van der Waals surface area contributed by atoms with Crippen LogP contribution in [0.15, 0.2) is 0 Å². The van der Waals surface area contributed by atoms with E-state index < -0.39 is 17.8 Å². The van der Waals surface area contributed by atoms with Gasteiger partial charge in [0.05, 0.1) is 6.10 Å². The van der Waals surface area contributed by atoms with Gasteiger partial charge in [-0.25, -0.2) is 4.79 Å². The van der Waals surface area contributed by atoms with Gasteiger partial charge in [-0.15, -0.1) is 5.06 Å². The van der Waals surface area contributed by atoms with E-state index in [-0.39, 0.29) is 25.6 Å². The minimum absolute atomic E-state index is 0.0442. The molecule has 1 aliphatic rings. The molecule has 1 rings (SSSR count). The van der Waals surface area contributed by atoms with Crippen LogP contribution in [0.2, 0.25) is 0 Å². The van der Waals surface area contributed by atoms with E-state index in [1.54, 1.807) is 7.11 Å². The van der Waals surface area contributed by atoms with Crippen LogP contribution in [0.5, 0.6) is 0 Å². The average molecular weight is 259 g/mol. The van der Waals surface area contributed by atoms with Crippen molar-refractivity contribution in [1.82, 2.24) is 5.06 Å². The van der Waals surface area contributed by atoms with E-state index in [1.165, 1.54) is 0 Å². The fourth-order valence-electron chi connectivity index (χ4n) is 1.31. The SMILES string of the molecule is COC(C)CCOCC(=O)ON1C(=O)CCC1=O. The molecule has 0 bridgehead atoms. The van der Waals surface area contributed by atoms with Crippen molar-refractivity contribution in [2.75, 3.05) is 20.3 Å². The zero-order valence-corrected chi connectivity index (χ0v) is 10.5. The molecule has 1 heterocycles. The Balaban J connectivity index is 2.18. The Kier molecular flexibility index (Phi) is 5.73. The number of amides is 2. The van der Waals surface area contributed by atoms with Crippen LogP contribution in [-0.4, -0.2) is 49.3 Å². The predicted octanol–water partition coefficient (Wildman–Crippen LogP) is 0.0352. The summed E-state index contributed by atoms with van der Waals surface area (Å²) in [7, 11) is 1.59. The van der Waals surface area contributed by atoms with Crippen molar-refractivity contribution in [3.05, 3.63) is 0 Å². The number of rotatable bonds is 7. The quantitative estimate of drug-likeness (QED) is 0.474. The van der Waals surface area contributed by atoms with Gasteiger partial charge >= 0.3 is 5.97 Å². The van der Waals surface area contributed by atoms with Gasteiger partial charge in [0.25, 0.3) is 11.8 Å². The number of imide groups is 1. The average Bonchev–Trinajstić information content (AvgIpc) is 2.66. The molecule has 0 aromatic rings. The fourth-order valence-corrected chi connectivity index (χ4v) is 1.31. The number of nitrogens with zero attached hydrogens (tertiary/aromatic N) is 1. The predicted molar refractivity (Wildman–Crippen MR) is 59.1 cm³/mol. The summed E-state index contributed by atoms with van der Waals surface area (Å²) in [6.45, 7) is 1.92. The molecule has 7 heteroatoms. The lowest BCUT2D eigenvalue weighted by molar-refractivity contribution is -0.200. The smallest absolute Gasteiger partial charge is 0.358 e. The van der Waals surface area contributed by atoms with Crippen molar-refractivity contribution < 1.29 is 28.7 Å². The zero-order chi connectivity index (χ0) is 13.5. The highest BCUT2D eigenvalue weighted by Crippen LogP contribution is 2.11. The van der Waals surface area contributed by atoms with Gasteiger partial charge in [-0.2, -0.15) is 0 Å². The third-order valence-corrected chi connectivity index (χ3v) is 2.49. The normalized spacial score (nSPS) is 17.1. The maximum absolute atomic E-state index is 11.3. The van der Waals surface area contributed by atoms with Crippen molar-refractivity contribution in [1.29, 1.82) is 0 Å². The second kappa shape index (κ2) is 7.07. The molecule has 1 fully saturated rings. The van der Waals surface area contributed by atoms with Gasteiger partial charge in [-0.1, -0.05) is 0 Å². The maximum atomic E-state index is 11.3. The summed E-state index contributed by atoms with van der Waals surface area (Å²) >= 11 is 0. The Morgan fingerprint density at radius 2 is 1.94 bits per heavy atom. The lowest BCUT2D eigenvalue weighted by Gasteiger charge is -2.13. The van der Waals surface area contributed by atoms with Gasteiger partial charge in [-0.05, 0) is 13.3 Å². The molecule has 1 atom stereocenters. The maximum Gasteiger partial charge on any atom is 0.358 e. The zero-order valence-electron chi connectivity index (χ0n) is 10.5. The van der Waals surface area contributed by atoms with Crippen molar-refractivity contribution >= 4 is 17.8 Å². The highest BCUT2D eigenvalue weighted by atomic mass is 16.7. The molecule has 0 N–H and O–H groups in total. The number of carbonyl (C=O) groups is 3. The first-order chi connectivity index (χ1) is 8.54. The number of methoxy groups -OCH3 is 1. The minimum atomic E-state index is -0.760. The summed E-state index contributed by atoms with van der Waals surface area (Å²) in [6, 6.07) is 0. The largest absolute Gasteiger partial charge is 0.382 e. The summed E-state index contributed by atoms with van der Waals surface area (Å²) in [6.07, 6.45) is 0.852. The number of hydrogen-bond donors (Lipinski definition) is 0. The van der Waals surface area contributed by atoms with Gasteiger partial charge in [0.15, 0.2) is 0 Å². The molecule has 102 valence electrons. The van der Waals surface area contributed by atoms with Crippen LogP contribution in [0.25, 0.3) is 0 Å². The Morgan fingerprint density at radius 1 is 1.33 bits per heavy atom. The van der Waals surface area contributed by atoms with E-state index in [1.807, 2.05) is 6.92 Å². The second-order valence-electron chi connectivity index (χ2n) is 3.93. The first-order valence-electron chi connectivity index (χ1n) is 5.71. The van der Waals surface area contributed by atoms with E-state index in [0.29, 0.717) is 18.1 Å².